The molecule has 1 N–H and O–H groups in total. The Bertz CT molecular complexity index is 1310. The van der Waals surface area contributed by atoms with E-state index in [0.29, 0.717) is 29.5 Å². The molecule has 9 nitrogen and oxygen atoms in total. The van der Waals surface area contributed by atoms with E-state index in [9.17, 15) is 13.2 Å². The molecule has 37 heavy (non-hydrogen) atoms. The summed E-state index contributed by atoms with van der Waals surface area (Å²) in [7, 11) is 0.264. The molecule has 0 fully saturated rings. The zero-order chi connectivity index (χ0) is 27.0. The lowest BCUT2D eigenvalue weighted by Crippen LogP contribution is -2.41. The maximum atomic E-state index is 13.8. The molecule has 0 aliphatic carbocycles. The van der Waals surface area contributed by atoms with Crippen LogP contribution in [0.25, 0.3) is 0 Å². The van der Waals surface area contributed by atoms with Crippen molar-refractivity contribution in [3.05, 3.63) is 72.3 Å². The molecule has 0 spiro atoms. The van der Waals surface area contributed by atoms with Crippen LogP contribution in [0.2, 0.25) is 0 Å². The van der Waals surface area contributed by atoms with E-state index in [2.05, 4.69) is 5.32 Å². The van der Waals surface area contributed by atoms with E-state index >= 15 is 0 Å². The molecule has 1 atom stereocenters. The van der Waals surface area contributed by atoms with Crippen LogP contribution < -0.4 is 28.6 Å². The fourth-order valence-corrected chi connectivity index (χ4v) is 5.25. The van der Waals surface area contributed by atoms with Gasteiger partial charge in [-0.2, -0.15) is 0 Å². The number of nitrogens with zero attached hydrogens (tertiary/aromatic N) is 1. The Morgan fingerprint density at radius 2 is 1.54 bits per heavy atom. The second-order valence-corrected chi connectivity index (χ2v) is 9.85. The highest BCUT2D eigenvalue weighted by Gasteiger charge is 2.29. The summed E-state index contributed by atoms with van der Waals surface area (Å²) < 4.78 is 50.0. The summed E-state index contributed by atoms with van der Waals surface area (Å²) in [5, 5.41) is 2.87. The lowest BCUT2D eigenvalue weighted by atomic mass is 10.1. The van der Waals surface area contributed by atoms with E-state index in [1.165, 1.54) is 32.4 Å². The third-order valence-corrected chi connectivity index (χ3v) is 7.42. The molecule has 0 aliphatic heterocycles. The number of benzene rings is 3. The van der Waals surface area contributed by atoms with Crippen molar-refractivity contribution in [2.75, 3.05) is 38.8 Å². The molecule has 0 bridgehead atoms. The molecule has 0 heterocycles. The van der Waals surface area contributed by atoms with E-state index in [4.69, 9.17) is 18.9 Å². The van der Waals surface area contributed by atoms with E-state index in [-0.39, 0.29) is 10.6 Å². The summed E-state index contributed by atoms with van der Waals surface area (Å²) >= 11 is 0. The largest absolute Gasteiger partial charge is 0.496 e. The van der Waals surface area contributed by atoms with Gasteiger partial charge in [-0.1, -0.05) is 18.2 Å². The van der Waals surface area contributed by atoms with Crippen molar-refractivity contribution in [2.24, 2.45) is 0 Å². The van der Waals surface area contributed by atoms with Gasteiger partial charge in [0, 0.05) is 11.6 Å². The van der Waals surface area contributed by atoms with Gasteiger partial charge in [-0.25, -0.2) is 8.42 Å². The summed E-state index contributed by atoms with van der Waals surface area (Å²) in [5.41, 5.74) is 1.08. The van der Waals surface area contributed by atoms with Crippen LogP contribution in [0.5, 0.6) is 23.0 Å². The third kappa shape index (κ3) is 6.45. The first-order valence-electron chi connectivity index (χ1n) is 11.6. The highest BCUT2D eigenvalue weighted by molar-refractivity contribution is 7.92. The van der Waals surface area contributed by atoms with Crippen LogP contribution in [0.15, 0.2) is 71.6 Å². The van der Waals surface area contributed by atoms with Gasteiger partial charge in [-0.3, -0.25) is 9.10 Å². The van der Waals surface area contributed by atoms with E-state index in [0.717, 1.165) is 9.87 Å². The normalized spacial score (nSPS) is 11.8. The summed E-state index contributed by atoms with van der Waals surface area (Å²) in [6.45, 7) is 3.68. The van der Waals surface area contributed by atoms with Crippen LogP contribution in [-0.4, -0.2) is 48.8 Å². The zero-order valence-electron chi connectivity index (χ0n) is 21.6. The summed E-state index contributed by atoms with van der Waals surface area (Å²) in [6, 6.07) is 17.7. The van der Waals surface area contributed by atoms with Gasteiger partial charge >= 0.3 is 0 Å². The minimum Gasteiger partial charge on any atom is -0.496 e. The van der Waals surface area contributed by atoms with Gasteiger partial charge < -0.3 is 24.3 Å². The maximum Gasteiger partial charge on any atom is 0.264 e. The van der Waals surface area contributed by atoms with Gasteiger partial charge in [0.25, 0.3) is 10.0 Å². The van der Waals surface area contributed by atoms with E-state index in [1.807, 2.05) is 25.1 Å². The van der Waals surface area contributed by atoms with Crippen LogP contribution >= 0.6 is 0 Å². The topological polar surface area (TPSA) is 103 Å². The number of hydrogen-bond donors (Lipinski definition) is 1. The summed E-state index contributed by atoms with van der Waals surface area (Å²) in [6.07, 6.45) is 0. The lowest BCUT2D eigenvalue weighted by Gasteiger charge is -2.26. The molecule has 3 aromatic carbocycles. The minimum atomic E-state index is -4.17. The number of hydrogen-bond acceptors (Lipinski definition) is 7. The van der Waals surface area contributed by atoms with E-state index < -0.39 is 28.5 Å². The molecule has 0 radical (unpaired) electrons. The van der Waals surface area contributed by atoms with Crippen molar-refractivity contribution in [2.45, 2.75) is 24.8 Å². The first kappa shape index (κ1) is 27.7. The van der Waals surface area contributed by atoms with Gasteiger partial charge in [-0.05, 0) is 56.3 Å². The van der Waals surface area contributed by atoms with Crippen molar-refractivity contribution in [3.8, 4) is 23.0 Å². The standard InChI is InChI=1S/C27H32N2O7S/c1-6-36-21-13-11-20(12-14-21)29(37(31,32)22-15-16-25(34-4)26(17-22)35-5)18-27(30)28-19(2)23-9-7-8-10-24(23)33-3/h7-17,19H,6,18H2,1-5H3,(H,28,30)/t19-/m0/s1. The van der Waals surface area contributed by atoms with Gasteiger partial charge in [0.2, 0.25) is 5.91 Å². The highest BCUT2D eigenvalue weighted by Crippen LogP contribution is 2.33. The van der Waals surface area contributed by atoms with Crippen molar-refractivity contribution < 1.29 is 32.2 Å². The predicted molar refractivity (Wildman–Crippen MR) is 141 cm³/mol. The Labute approximate surface area is 218 Å². The van der Waals surface area contributed by atoms with Crippen molar-refractivity contribution in [1.29, 1.82) is 0 Å². The van der Waals surface area contributed by atoms with Crippen LogP contribution in [-0.2, 0) is 14.8 Å². The van der Waals surface area contributed by atoms with Crippen LogP contribution in [0.3, 0.4) is 0 Å². The average molecular weight is 529 g/mol. The molecular weight excluding hydrogens is 496 g/mol. The molecule has 3 aromatic rings. The number of sulfonamides is 1. The molecule has 0 saturated heterocycles. The molecule has 1 amide bonds. The van der Waals surface area contributed by atoms with Gasteiger partial charge in [0.05, 0.1) is 44.6 Å². The van der Waals surface area contributed by atoms with Crippen LogP contribution in [0.1, 0.15) is 25.5 Å². The molecule has 0 saturated carbocycles. The number of rotatable bonds is 12. The first-order chi connectivity index (χ1) is 17.7. The summed E-state index contributed by atoms with van der Waals surface area (Å²) in [4.78, 5) is 13.1. The van der Waals surface area contributed by atoms with Crippen LogP contribution in [0.4, 0.5) is 5.69 Å². The summed E-state index contributed by atoms with van der Waals surface area (Å²) in [5.74, 6) is 1.36. The van der Waals surface area contributed by atoms with Crippen molar-refractivity contribution in [1.82, 2.24) is 5.32 Å². The van der Waals surface area contributed by atoms with Gasteiger partial charge in [-0.15, -0.1) is 0 Å². The number of para-hydroxylation sites is 1. The van der Waals surface area contributed by atoms with Gasteiger partial charge in [0.15, 0.2) is 11.5 Å². The molecule has 198 valence electrons. The van der Waals surface area contributed by atoms with Crippen molar-refractivity contribution >= 4 is 21.6 Å². The smallest absolute Gasteiger partial charge is 0.264 e. The monoisotopic (exact) mass is 528 g/mol. The zero-order valence-corrected chi connectivity index (χ0v) is 22.4. The Balaban J connectivity index is 1.96. The number of carbonyl (C=O) groups excluding carboxylic acids is 1. The number of amides is 1. The molecule has 3 rings (SSSR count). The number of anilines is 1. The Hall–Kier alpha value is -3.92. The number of nitrogens with one attached hydrogen (secondary N) is 1. The Kier molecular flexibility index (Phi) is 9.24. The highest BCUT2D eigenvalue weighted by atomic mass is 32.2. The first-order valence-corrected chi connectivity index (χ1v) is 13.1. The molecule has 10 heteroatoms. The molecule has 0 aliphatic rings. The average Bonchev–Trinajstić information content (AvgIpc) is 2.91. The minimum absolute atomic E-state index is 0.0513. The Morgan fingerprint density at radius 3 is 2.16 bits per heavy atom. The molecular formula is C27H32N2O7S. The Morgan fingerprint density at radius 1 is 0.892 bits per heavy atom. The molecule has 0 unspecified atom stereocenters. The van der Waals surface area contributed by atoms with Gasteiger partial charge in [0.1, 0.15) is 18.0 Å². The second kappa shape index (κ2) is 12.4. The fourth-order valence-electron chi connectivity index (χ4n) is 3.81. The SMILES string of the molecule is CCOc1ccc(N(CC(=O)N[C@@H](C)c2ccccc2OC)S(=O)(=O)c2ccc(OC)c(OC)c2)cc1. The second-order valence-electron chi connectivity index (χ2n) is 7.99. The fraction of sp³-hybridized carbons (Fsp3) is 0.296. The number of ether oxygens (including phenoxy) is 4. The molecule has 0 aromatic heterocycles. The number of methoxy groups -OCH3 is 3. The predicted octanol–water partition coefficient (Wildman–Crippen LogP) is 4.18. The third-order valence-electron chi connectivity index (χ3n) is 5.65. The quantitative estimate of drug-likeness (QED) is 0.376. The maximum absolute atomic E-state index is 13.8. The van der Waals surface area contributed by atoms with Crippen molar-refractivity contribution in [3.63, 3.8) is 0 Å². The lowest BCUT2D eigenvalue weighted by molar-refractivity contribution is -0.120. The van der Waals surface area contributed by atoms with E-state index in [1.54, 1.807) is 44.4 Å². The van der Waals surface area contributed by atoms with Crippen LogP contribution in [0, 0.1) is 0 Å². The number of carbonyl (C=O) groups is 1.